The molecular formula is C28H32N2O2. The van der Waals surface area contributed by atoms with E-state index < -0.39 is 0 Å². The van der Waals surface area contributed by atoms with Crippen molar-refractivity contribution in [3.63, 3.8) is 0 Å². The number of rotatable bonds is 4. The standard InChI is InChI=1S/C28H32N2O2/c1-19(22-13-15-30(16-14-22)28(31)27-8-5-17-32-27)21-9-11-23(12-10-21)25-18-29-26-7-4-3-6-24(26)20(25)2/h3-4,6-7,9-12,18-19,22,27H,5,8,13-17H2,1-2H3. The quantitative estimate of drug-likeness (QED) is 0.533. The van der Waals surface area contributed by atoms with Crippen molar-refractivity contribution in [3.8, 4) is 11.1 Å². The number of nitrogens with zero attached hydrogens (tertiary/aromatic N) is 2. The van der Waals surface area contributed by atoms with Crippen LogP contribution in [0.2, 0.25) is 0 Å². The second kappa shape index (κ2) is 9.03. The summed E-state index contributed by atoms with van der Waals surface area (Å²) in [5.41, 5.74) is 6.12. The highest BCUT2D eigenvalue weighted by Crippen LogP contribution is 2.35. The van der Waals surface area contributed by atoms with Gasteiger partial charge < -0.3 is 9.64 Å². The minimum Gasteiger partial charge on any atom is -0.368 e. The van der Waals surface area contributed by atoms with E-state index >= 15 is 0 Å². The van der Waals surface area contributed by atoms with Gasteiger partial charge in [0.2, 0.25) is 0 Å². The molecule has 2 aromatic carbocycles. The van der Waals surface area contributed by atoms with Gasteiger partial charge in [-0.05, 0) is 67.2 Å². The lowest BCUT2D eigenvalue weighted by Crippen LogP contribution is -2.44. The average molecular weight is 429 g/mol. The van der Waals surface area contributed by atoms with Gasteiger partial charge in [0.25, 0.3) is 5.91 Å². The molecule has 1 amide bonds. The topological polar surface area (TPSA) is 42.4 Å². The number of fused-ring (bicyclic) bond motifs is 1. The van der Waals surface area contributed by atoms with E-state index in [2.05, 4.69) is 61.3 Å². The van der Waals surface area contributed by atoms with Gasteiger partial charge in [-0.3, -0.25) is 9.78 Å². The van der Waals surface area contributed by atoms with Crippen LogP contribution >= 0.6 is 0 Å². The summed E-state index contributed by atoms with van der Waals surface area (Å²) in [6.07, 6.45) is 5.83. The monoisotopic (exact) mass is 428 g/mol. The van der Waals surface area contributed by atoms with E-state index in [1.54, 1.807) is 0 Å². The molecule has 0 aliphatic carbocycles. The molecule has 2 fully saturated rings. The van der Waals surface area contributed by atoms with Crippen LogP contribution in [0.15, 0.2) is 54.7 Å². The first-order chi connectivity index (χ1) is 15.6. The predicted octanol–water partition coefficient (Wildman–Crippen LogP) is 5.73. The summed E-state index contributed by atoms with van der Waals surface area (Å²) in [6, 6.07) is 17.3. The highest BCUT2D eigenvalue weighted by Gasteiger charge is 2.32. The molecule has 0 spiro atoms. The molecule has 4 heteroatoms. The van der Waals surface area contributed by atoms with Crippen LogP contribution in [0.5, 0.6) is 0 Å². The van der Waals surface area contributed by atoms with Crippen LogP contribution in [0, 0.1) is 12.8 Å². The summed E-state index contributed by atoms with van der Waals surface area (Å²) in [7, 11) is 0. The first-order valence-electron chi connectivity index (χ1n) is 12.0. The summed E-state index contributed by atoms with van der Waals surface area (Å²) in [5, 5.41) is 1.21. The van der Waals surface area contributed by atoms with Crippen molar-refractivity contribution in [1.29, 1.82) is 0 Å². The van der Waals surface area contributed by atoms with Gasteiger partial charge in [0, 0.05) is 36.8 Å². The van der Waals surface area contributed by atoms with E-state index in [-0.39, 0.29) is 12.0 Å². The lowest BCUT2D eigenvalue weighted by atomic mass is 9.81. The molecule has 2 aliphatic heterocycles. The highest BCUT2D eigenvalue weighted by molar-refractivity contribution is 5.88. The molecule has 166 valence electrons. The fourth-order valence-corrected chi connectivity index (χ4v) is 5.40. The largest absolute Gasteiger partial charge is 0.368 e. The maximum absolute atomic E-state index is 12.6. The molecule has 3 aromatic rings. The number of para-hydroxylation sites is 1. The Kier molecular flexibility index (Phi) is 5.97. The maximum Gasteiger partial charge on any atom is 0.251 e. The van der Waals surface area contributed by atoms with Crippen molar-refractivity contribution in [2.75, 3.05) is 19.7 Å². The molecular weight excluding hydrogens is 396 g/mol. The van der Waals surface area contributed by atoms with Crippen molar-refractivity contribution in [2.45, 2.75) is 51.6 Å². The number of carbonyl (C=O) groups is 1. The second-order valence-corrected chi connectivity index (χ2v) is 9.39. The Bertz CT molecular complexity index is 1090. The van der Waals surface area contributed by atoms with Gasteiger partial charge in [0.05, 0.1) is 5.52 Å². The van der Waals surface area contributed by atoms with Crippen LogP contribution in [0.1, 0.15) is 49.7 Å². The fraction of sp³-hybridized carbons (Fsp3) is 0.429. The molecule has 3 heterocycles. The Labute approximate surface area is 190 Å². The van der Waals surface area contributed by atoms with Gasteiger partial charge in [0.15, 0.2) is 0 Å². The Balaban J connectivity index is 1.25. The number of aromatic nitrogens is 1. The number of carbonyl (C=O) groups excluding carboxylic acids is 1. The van der Waals surface area contributed by atoms with Crippen LogP contribution in [0.25, 0.3) is 22.0 Å². The number of benzene rings is 2. The van der Waals surface area contributed by atoms with E-state index in [0.29, 0.717) is 11.8 Å². The molecule has 0 radical (unpaired) electrons. The van der Waals surface area contributed by atoms with Crippen LogP contribution in [-0.2, 0) is 9.53 Å². The lowest BCUT2D eigenvalue weighted by Gasteiger charge is -2.36. The summed E-state index contributed by atoms with van der Waals surface area (Å²) in [4.78, 5) is 19.3. The number of likely N-dealkylation sites (tertiary alicyclic amines) is 1. The first-order valence-corrected chi connectivity index (χ1v) is 12.0. The molecule has 0 saturated carbocycles. The van der Waals surface area contributed by atoms with Gasteiger partial charge in [0.1, 0.15) is 6.10 Å². The third kappa shape index (κ3) is 4.04. The van der Waals surface area contributed by atoms with Crippen LogP contribution in [0.4, 0.5) is 0 Å². The van der Waals surface area contributed by atoms with Crippen molar-refractivity contribution >= 4 is 16.8 Å². The molecule has 32 heavy (non-hydrogen) atoms. The number of hydrogen-bond donors (Lipinski definition) is 0. The molecule has 4 nitrogen and oxygen atoms in total. The number of hydrogen-bond acceptors (Lipinski definition) is 3. The van der Waals surface area contributed by atoms with Gasteiger partial charge in [-0.1, -0.05) is 49.4 Å². The van der Waals surface area contributed by atoms with Crippen molar-refractivity contribution < 1.29 is 9.53 Å². The number of amides is 1. The Morgan fingerprint density at radius 2 is 1.81 bits per heavy atom. The maximum atomic E-state index is 12.6. The number of ether oxygens (including phenoxy) is 1. The summed E-state index contributed by atoms with van der Waals surface area (Å²) in [5.74, 6) is 1.30. The zero-order valence-corrected chi connectivity index (χ0v) is 19.1. The van der Waals surface area contributed by atoms with E-state index in [1.807, 2.05) is 17.2 Å². The van der Waals surface area contributed by atoms with Gasteiger partial charge in [-0.25, -0.2) is 0 Å². The summed E-state index contributed by atoms with van der Waals surface area (Å²) < 4.78 is 5.60. The first kappa shape index (κ1) is 21.1. The van der Waals surface area contributed by atoms with E-state index in [0.717, 1.165) is 50.9 Å². The van der Waals surface area contributed by atoms with Gasteiger partial charge in [-0.2, -0.15) is 0 Å². The average Bonchev–Trinajstić information content (AvgIpc) is 3.39. The van der Waals surface area contributed by atoms with Crippen LogP contribution in [0.3, 0.4) is 0 Å². The number of pyridine rings is 1. The molecule has 2 atom stereocenters. The summed E-state index contributed by atoms with van der Waals surface area (Å²) in [6.45, 7) is 6.96. The SMILES string of the molecule is Cc1c(-c2ccc(C(C)C3CCN(C(=O)C4CCCO4)CC3)cc2)cnc2ccccc12. The molecule has 2 aliphatic rings. The predicted molar refractivity (Wildman–Crippen MR) is 129 cm³/mol. The second-order valence-electron chi connectivity index (χ2n) is 9.39. The minimum absolute atomic E-state index is 0.190. The van der Waals surface area contributed by atoms with Crippen molar-refractivity contribution in [1.82, 2.24) is 9.88 Å². The summed E-state index contributed by atoms with van der Waals surface area (Å²) >= 11 is 0. The zero-order valence-electron chi connectivity index (χ0n) is 19.1. The fourth-order valence-electron chi connectivity index (χ4n) is 5.40. The zero-order chi connectivity index (χ0) is 22.1. The molecule has 1 aromatic heterocycles. The third-order valence-corrected chi connectivity index (χ3v) is 7.56. The molecule has 5 rings (SSSR count). The Morgan fingerprint density at radius 3 is 2.53 bits per heavy atom. The minimum atomic E-state index is -0.190. The smallest absolute Gasteiger partial charge is 0.251 e. The van der Waals surface area contributed by atoms with Crippen molar-refractivity contribution in [2.24, 2.45) is 5.92 Å². The van der Waals surface area contributed by atoms with Crippen LogP contribution in [-0.4, -0.2) is 41.6 Å². The molecule has 2 saturated heterocycles. The van der Waals surface area contributed by atoms with Crippen LogP contribution < -0.4 is 0 Å². The third-order valence-electron chi connectivity index (χ3n) is 7.56. The normalized spacial score (nSPS) is 20.6. The Morgan fingerprint density at radius 1 is 1.06 bits per heavy atom. The highest BCUT2D eigenvalue weighted by atomic mass is 16.5. The van der Waals surface area contributed by atoms with E-state index in [4.69, 9.17) is 4.74 Å². The number of piperidine rings is 1. The number of aryl methyl sites for hydroxylation is 1. The van der Waals surface area contributed by atoms with Gasteiger partial charge >= 0.3 is 0 Å². The van der Waals surface area contributed by atoms with Crippen molar-refractivity contribution in [3.05, 3.63) is 65.9 Å². The molecule has 2 unspecified atom stereocenters. The molecule has 0 N–H and O–H groups in total. The van der Waals surface area contributed by atoms with E-state index in [1.165, 1.54) is 27.6 Å². The van der Waals surface area contributed by atoms with Gasteiger partial charge in [-0.15, -0.1) is 0 Å². The Hall–Kier alpha value is -2.72. The van der Waals surface area contributed by atoms with E-state index in [9.17, 15) is 4.79 Å². The lowest BCUT2D eigenvalue weighted by molar-refractivity contribution is -0.142. The molecule has 0 bridgehead atoms.